The van der Waals surface area contributed by atoms with E-state index < -0.39 is 0 Å². The third-order valence-corrected chi connectivity index (χ3v) is 4.17. The second-order valence-corrected chi connectivity index (χ2v) is 5.97. The first-order valence-corrected chi connectivity index (χ1v) is 8.88. The standard InChI is InChI=1S/C21H27NO2/c1-5-11-17-15(4)19(21(23)24-7-3)20(22-18(17)12-6-2)16-13-9-8-10-14-16/h8-10,13-14H,5-7,11-12H2,1-4H3. The van der Waals surface area contributed by atoms with Crippen LogP contribution >= 0.6 is 0 Å². The molecule has 0 N–H and O–H groups in total. The highest BCUT2D eigenvalue weighted by Crippen LogP contribution is 2.30. The fraction of sp³-hybridized carbons (Fsp3) is 0.429. The van der Waals surface area contributed by atoms with E-state index in [1.165, 1.54) is 5.56 Å². The van der Waals surface area contributed by atoms with Crippen LogP contribution in [0.5, 0.6) is 0 Å². The Bertz CT molecular complexity index is 693. The van der Waals surface area contributed by atoms with E-state index in [2.05, 4.69) is 13.8 Å². The fourth-order valence-electron chi connectivity index (χ4n) is 3.09. The predicted octanol–water partition coefficient (Wildman–Crippen LogP) is 5.14. The van der Waals surface area contributed by atoms with Gasteiger partial charge < -0.3 is 4.74 Å². The lowest BCUT2D eigenvalue weighted by Gasteiger charge is -2.18. The Hall–Kier alpha value is -2.16. The minimum atomic E-state index is -0.276. The molecule has 0 atom stereocenters. The van der Waals surface area contributed by atoms with Gasteiger partial charge in [-0.05, 0) is 37.8 Å². The Morgan fingerprint density at radius 2 is 1.71 bits per heavy atom. The topological polar surface area (TPSA) is 39.2 Å². The second-order valence-electron chi connectivity index (χ2n) is 5.97. The van der Waals surface area contributed by atoms with Crippen LogP contribution in [0.3, 0.4) is 0 Å². The molecule has 0 unspecified atom stereocenters. The van der Waals surface area contributed by atoms with Gasteiger partial charge in [0.05, 0.1) is 17.9 Å². The highest BCUT2D eigenvalue weighted by atomic mass is 16.5. The van der Waals surface area contributed by atoms with Crippen molar-refractivity contribution in [2.24, 2.45) is 0 Å². The molecule has 1 aromatic heterocycles. The summed E-state index contributed by atoms with van der Waals surface area (Å²) in [6.45, 7) is 8.55. The highest BCUT2D eigenvalue weighted by Gasteiger charge is 2.23. The quantitative estimate of drug-likeness (QED) is 0.662. The Morgan fingerprint density at radius 1 is 1.04 bits per heavy atom. The Labute approximate surface area is 145 Å². The van der Waals surface area contributed by atoms with E-state index in [9.17, 15) is 4.79 Å². The van der Waals surface area contributed by atoms with Crippen LogP contribution in [0.2, 0.25) is 0 Å². The van der Waals surface area contributed by atoms with Crippen molar-refractivity contribution in [2.75, 3.05) is 6.61 Å². The molecule has 0 saturated carbocycles. The van der Waals surface area contributed by atoms with Crippen LogP contribution in [0.25, 0.3) is 11.3 Å². The number of hydrogen-bond donors (Lipinski definition) is 0. The van der Waals surface area contributed by atoms with Crippen molar-refractivity contribution in [1.29, 1.82) is 0 Å². The van der Waals surface area contributed by atoms with Gasteiger partial charge in [0.15, 0.2) is 0 Å². The zero-order valence-electron chi connectivity index (χ0n) is 15.2. The molecule has 24 heavy (non-hydrogen) atoms. The van der Waals surface area contributed by atoms with E-state index in [-0.39, 0.29) is 5.97 Å². The summed E-state index contributed by atoms with van der Waals surface area (Å²) in [6, 6.07) is 9.92. The van der Waals surface area contributed by atoms with Gasteiger partial charge in [0.25, 0.3) is 0 Å². The van der Waals surface area contributed by atoms with Crippen LogP contribution in [-0.4, -0.2) is 17.6 Å². The number of aromatic nitrogens is 1. The Morgan fingerprint density at radius 3 is 2.29 bits per heavy atom. The maximum absolute atomic E-state index is 12.6. The monoisotopic (exact) mass is 325 g/mol. The number of carbonyl (C=O) groups excluding carboxylic acids is 1. The lowest BCUT2D eigenvalue weighted by molar-refractivity contribution is 0.0526. The minimum absolute atomic E-state index is 0.276. The molecule has 0 bridgehead atoms. The normalized spacial score (nSPS) is 10.7. The van der Waals surface area contributed by atoms with Crippen LogP contribution in [0, 0.1) is 6.92 Å². The van der Waals surface area contributed by atoms with Crippen LogP contribution < -0.4 is 0 Å². The molecule has 0 radical (unpaired) electrons. The van der Waals surface area contributed by atoms with E-state index in [4.69, 9.17) is 9.72 Å². The largest absolute Gasteiger partial charge is 0.462 e. The van der Waals surface area contributed by atoms with Gasteiger partial charge in [-0.25, -0.2) is 4.79 Å². The summed E-state index contributed by atoms with van der Waals surface area (Å²) >= 11 is 0. The number of hydrogen-bond acceptors (Lipinski definition) is 3. The first-order chi connectivity index (χ1) is 11.6. The summed E-state index contributed by atoms with van der Waals surface area (Å²) < 4.78 is 5.32. The van der Waals surface area contributed by atoms with Crippen molar-refractivity contribution in [3.63, 3.8) is 0 Å². The average molecular weight is 325 g/mol. The summed E-state index contributed by atoms with van der Waals surface area (Å²) in [5, 5.41) is 0. The fourth-order valence-corrected chi connectivity index (χ4v) is 3.09. The third-order valence-electron chi connectivity index (χ3n) is 4.17. The van der Waals surface area contributed by atoms with Gasteiger partial charge in [-0.1, -0.05) is 57.0 Å². The molecule has 0 spiro atoms. The number of rotatable bonds is 7. The van der Waals surface area contributed by atoms with E-state index in [0.717, 1.165) is 48.2 Å². The van der Waals surface area contributed by atoms with Crippen molar-refractivity contribution in [1.82, 2.24) is 4.98 Å². The summed E-state index contributed by atoms with van der Waals surface area (Å²) in [5.41, 5.74) is 5.67. The van der Waals surface area contributed by atoms with Crippen LogP contribution in [-0.2, 0) is 17.6 Å². The number of carbonyl (C=O) groups is 1. The molecule has 0 amide bonds. The third kappa shape index (κ3) is 3.84. The molecule has 0 saturated heterocycles. The van der Waals surface area contributed by atoms with E-state index in [1.54, 1.807) is 0 Å². The molecular formula is C21H27NO2. The van der Waals surface area contributed by atoms with Gasteiger partial charge in [-0.2, -0.15) is 0 Å². The van der Waals surface area contributed by atoms with Gasteiger partial charge in [-0.15, -0.1) is 0 Å². The summed E-state index contributed by atoms with van der Waals surface area (Å²) in [7, 11) is 0. The predicted molar refractivity (Wildman–Crippen MR) is 98.4 cm³/mol. The number of esters is 1. The van der Waals surface area contributed by atoms with E-state index in [1.807, 2.05) is 44.2 Å². The molecule has 2 rings (SSSR count). The SMILES string of the molecule is CCCc1nc(-c2ccccc2)c(C(=O)OCC)c(C)c1CCC. The molecule has 0 aliphatic heterocycles. The zero-order valence-corrected chi connectivity index (χ0v) is 15.2. The number of nitrogens with zero attached hydrogens (tertiary/aromatic N) is 1. The molecule has 128 valence electrons. The summed E-state index contributed by atoms with van der Waals surface area (Å²) in [6.07, 6.45) is 3.94. The van der Waals surface area contributed by atoms with Crippen molar-refractivity contribution in [3.05, 3.63) is 52.7 Å². The van der Waals surface area contributed by atoms with Gasteiger partial charge in [0.2, 0.25) is 0 Å². The summed E-state index contributed by atoms with van der Waals surface area (Å²) in [5.74, 6) is -0.276. The first kappa shape index (κ1) is 18.2. The van der Waals surface area contributed by atoms with Crippen molar-refractivity contribution in [3.8, 4) is 11.3 Å². The molecule has 0 aliphatic rings. The molecular weight excluding hydrogens is 298 g/mol. The maximum atomic E-state index is 12.6. The number of pyridine rings is 1. The molecule has 3 heteroatoms. The second kappa shape index (κ2) is 8.62. The lowest BCUT2D eigenvalue weighted by Crippen LogP contribution is -2.14. The first-order valence-electron chi connectivity index (χ1n) is 8.88. The van der Waals surface area contributed by atoms with E-state index in [0.29, 0.717) is 12.2 Å². The van der Waals surface area contributed by atoms with Crippen molar-refractivity contribution in [2.45, 2.75) is 53.4 Å². The lowest BCUT2D eigenvalue weighted by atomic mass is 9.92. The highest BCUT2D eigenvalue weighted by molar-refractivity contribution is 5.98. The minimum Gasteiger partial charge on any atom is -0.462 e. The van der Waals surface area contributed by atoms with Crippen molar-refractivity contribution < 1.29 is 9.53 Å². The molecule has 1 aromatic carbocycles. The Balaban J connectivity index is 2.72. The Kier molecular flexibility index (Phi) is 6.53. The number of aryl methyl sites for hydroxylation is 1. The van der Waals surface area contributed by atoms with Gasteiger partial charge >= 0.3 is 5.97 Å². The van der Waals surface area contributed by atoms with Crippen molar-refractivity contribution >= 4 is 5.97 Å². The molecule has 1 heterocycles. The molecule has 3 nitrogen and oxygen atoms in total. The summed E-state index contributed by atoms with van der Waals surface area (Å²) in [4.78, 5) is 17.5. The zero-order chi connectivity index (χ0) is 17.5. The van der Waals surface area contributed by atoms with Crippen LogP contribution in [0.1, 0.15) is 60.8 Å². The molecule has 0 aliphatic carbocycles. The smallest absolute Gasteiger partial charge is 0.340 e. The van der Waals surface area contributed by atoms with Gasteiger partial charge in [0.1, 0.15) is 0 Å². The average Bonchev–Trinajstić information content (AvgIpc) is 2.59. The van der Waals surface area contributed by atoms with Gasteiger partial charge in [0, 0.05) is 11.3 Å². The maximum Gasteiger partial charge on any atom is 0.340 e. The van der Waals surface area contributed by atoms with E-state index >= 15 is 0 Å². The number of ether oxygens (including phenoxy) is 1. The number of benzene rings is 1. The van der Waals surface area contributed by atoms with Gasteiger partial charge in [-0.3, -0.25) is 4.98 Å². The van der Waals surface area contributed by atoms with Crippen LogP contribution in [0.4, 0.5) is 0 Å². The van der Waals surface area contributed by atoms with Crippen LogP contribution in [0.15, 0.2) is 30.3 Å². The molecule has 0 fully saturated rings. The molecule has 2 aromatic rings.